The standard InChI is InChI=1S/C16H22N4O2/c1-16(2,3)22-15(21)20-8-6-11(7-9-20)12-4-5-14(18)19-13(12)10-17/h4-5,11H,6-9H2,1-3H3,(H2,18,19). The number of nitrogen functional groups attached to an aromatic ring is 1. The average Bonchev–Trinajstić information content (AvgIpc) is 2.45. The third-order valence-corrected chi connectivity index (χ3v) is 3.64. The molecule has 1 aromatic rings. The van der Waals surface area contributed by atoms with Gasteiger partial charge in [0.05, 0.1) is 0 Å². The Hall–Kier alpha value is -2.29. The first-order valence-corrected chi connectivity index (χ1v) is 7.44. The van der Waals surface area contributed by atoms with Crippen molar-refractivity contribution in [3.8, 4) is 6.07 Å². The number of carbonyl (C=O) groups excluding carboxylic acids is 1. The molecule has 22 heavy (non-hydrogen) atoms. The molecule has 2 heterocycles. The number of likely N-dealkylation sites (tertiary alicyclic amines) is 1. The third kappa shape index (κ3) is 3.88. The van der Waals surface area contributed by atoms with E-state index < -0.39 is 5.60 Å². The summed E-state index contributed by atoms with van der Waals surface area (Å²) in [7, 11) is 0. The van der Waals surface area contributed by atoms with Gasteiger partial charge in [-0.2, -0.15) is 5.26 Å². The molecule has 0 atom stereocenters. The van der Waals surface area contributed by atoms with Crippen LogP contribution in [0.25, 0.3) is 0 Å². The monoisotopic (exact) mass is 302 g/mol. The number of carbonyl (C=O) groups is 1. The Morgan fingerprint density at radius 1 is 1.41 bits per heavy atom. The predicted octanol–water partition coefficient (Wildman–Crippen LogP) is 2.65. The maximum absolute atomic E-state index is 12.0. The highest BCUT2D eigenvalue weighted by atomic mass is 16.6. The lowest BCUT2D eigenvalue weighted by molar-refractivity contribution is 0.0205. The fourth-order valence-electron chi connectivity index (χ4n) is 2.60. The predicted molar refractivity (Wildman–Crippen MR) is 83.1 cm³/mol. The van der Waals surface area contributed by atoms with E-state index in [1.807, 2.05) is 26.8 Å². The van der Waals surface area contributed by atoms with Crippen LogP contribution in [-0.2, 0) is 4.74 Å². The first kappa shape index (κ1) is 16.1. The van der Waals surface area contributed by atoms with Gasteiger partial charge in [-0.3, -0.25) is 0 Å². The van der Waals surface area contributed by atoms with Crippen LogP contribution in [0.2, 0.25) is 0 Å². The molecule has 2 N–H and O–H groups in total. The summed E-state index contributed by atoms with van der Waals surface area (Å²) in [6, 6.07) is 5.69. The molecule has 1 aliphatic rings. The van der Waals surface area contributed by atoms with Crippen LogP contribution in [0.4, 0.5) is 10.6 Å². The maximum Gasteiger partial charge on any atom is 0.410 e. The normalized spacial score (nSPS) is 16.2. The van der Waals surface area contributed by atoms with Gasteiger partial charge in [0, 0.05) is 13.1 Å². The van der Waals surface area contributed by atoms with Gasteiger partial charge >= 0.3 is 6.09 Å². The van der Waals surface area contributed by atoms with E-state index >= 15 is 0 Å². The average molecular weight is 302 g/mol. The summed E-state index contributed by atoms with van der Waals surface area (Å²) in [6.45, 7) is 6.81. The van der Waals surface area contributed by atoms with E-state index in [2.05, 4.69) is 11.1 Å². The van der Waals surface area contributed by atoms with E-state index in [1.165, 1.54) is 0 Å². The Balaban J connectivity index is 2.01. The molecule has 0 bridgehead atoms. The number of hydrogen-bond acceptors (Lipinski definition) is 5. The molecule has 6 nitrogen and oxygen atoms in total. The maximum atomic E-state index is 12.0. The zero-order valence-electron chi connectivity index (χ0n) is 13.3. The van der Waals surface area contributed by atoms with Gasteiger partial charge in [0.2, 0.25) is 0 Å². The summed E-state index contributed by atoms with van der Waals surface area (Å²) < 4.78 is 5.38. The van der Waals surface area contributed by atoms with E-state index in [1.54, 1.807) is 11.0 Å². The highest BCUT2D eigenvalue weighted by Gasteiger charge is 2.28. The van der Waals surface area contributed by atoms with E-state index in [-0.39, 0.29) is 12.0 Å². The highest BCUT2D eigenvalue weighted by Crippen LogP contribution is 2.30. The van der Waals surface area contributed by atoms with Crippen LogP contribution < -0.4 is 5.73 Å². The van der Waals surface area contributed by atoms with Crippen molar-refractivity contribution in [3.63, 3.8) is 0 Å². The van der Waals surface area contributed by atoms with Crippen LogP contribution in [0.1, 0.15) is 50.8 Å². The number of amides is 1. The number of anilines is 1. The number of nitrogens with two attached hydrogens (primary N) is 1. The van der Waals surface area contributed by atoms with Gasteiger partial charge in [-0.25, -0.2) is 9.78 Å². The molecule has 1 amide bonds. The minimum absolute atomic E-state index is 0.224. The molecule has 0 aromatic carbocycles. The Morgan fingerprint density at radius 3 is 2.59 bits per heavy atom. The molecule has 1 fully saturated rings. The number of rotatable bonds is 1. The summed E-state index contributed by atoms with van der Waals surface area (Å²) >= 11 is 0. The van der Waals surface area contributed by atoms with Crippen molar-refractivity contribution in [2.75, 3.05) is 18.8 Å². The zero-order chi connectivity index (χ0) is 16.3. The second-order valence-corrected chi connectivity index (χ2v) is 6.53. The quantitative estimate of drug-likeness (QED) is 0.861. The Kier molecular flexibility index (Phi) is 4.55. The van der Waals surface area contributed by atoms with Crippen molar-refractivity contribution in [1.29, 1.82) is 5.26 Å². The van der Waals surface area contributed by atoms with Gasteiger partial charge in [0.1, 0.15) is 23.2 Å². The molecule has 0 unspecified atom stereocenters. The van der Waals surface area contributed by atoms with Crippen LogP contribution in [0, 0.1) is 11.3 Å². The molecule has 118 valence electrons. The lowest BCUT2D eigenvalue weighted by Gasteiger charge is -2.33. The number of nitrogens with zero attached hydrogens (tertiary/aromatic N) is 3. The number of nitriles is 1. The van der Waals surface area contributed by atoms with E-state index in [0.717, 1.165) is 18.4 Å². The van der Waals surface area contributed by atoms with Crippen molar-refractivity contribution >= 4 is 11.9 Å². The van der Waals surface area contributed by atoms with Gasteiger partial charge < -0.3 is 15.4 Å². The smallest absolute Gasteiger partial charge is 0.410 e. The van der Waals surface area contributed by atoms with Gasteiger partial charge in [0.25, 0.3) is 0 Å². The summed E-state index contributed by atoms with van der Waals surface area (Å²) in [6.07, 6.45) is 1.31. The summed E-state index contributed by atoms with van der Waals surface area (Å²) in [5.41, 5.74) is 6.44. The number of hydrogen-bond donors (Lipinski definition) is 1. The topological polar surface area (TPSA) is 92.2 Å². The van der Waals surface area contributed by atoms with Crippen LogP contribution in [-0.4, -0.2) is 34.7 Å². The van der Waals surface area contributed by atoms with E-state index in [0.29, 0.717) is 24.6 Å². The number of piperidine rings is 1. The Morgan fingerprint density at radius 2 is 2.05 bits per heavy atom. The zero-order valence-corrected chi connectivity index (χ0v) is 13.3. The van der Waals surface area contributed by atoms with Gasteiger partial charge in [-0.15, -0.1) is 0 Å². The van der Waals surface area contributed by atoms with E-state index in [9.17, 15) is 10.1 Å². The number of pyridine rings is 1. The second kappa shape index (κ2) is 6.22. The van der Waals surface area contributed by atoms with Crippen molar-refractivity contribution in [1.82, 2.24) is 9.88 Å². The molecule has 1 saturated heterocycles. The Labute approximate surface area is 130 Å². The molecule has 1 aromatic heterocycles. The van der Waals surface area contributed by atoms with E-state index in [4.69, 9.17) is 10.5 Å². The molecule has 2 rings (SSSR count). The van der Waals surface area contributed by atoms with Crippen LogP contribution in [0.5, 0.6) is 0 Å². The van der Waals surface area contributed by atoms with Crippen molar-refractivity contribution in [2.45, 2.75) is 45.1 Å². The van der Waals surface area contributed by atoms with Crippen molar-refractivity contribution < 1.29 is 9.53 Å². The van der Waals surface area contributed by atoms with Crippen LogP contribution >= 0.6 is 0 Å². The molecular weight excluding hydrogens is 280 g/mol. The van der Waals surface area contributed by atoms with Crippen LogP contribution in [0.15, 0.2) is 12.1 Å². The largest absolute Gasteiger partial charge is 0.444 e. The minimum atomic E-state index is -0.483. The van der Waals surface area contributed by atoms with Crippen molar-refractivity contribution in [2.24, 2.45) is 0 Å². The van der Waals surface area contributed by atoms with Gasteiger partial charge in [0.15, 0.2) is 0 Å². The highest BCUT2D eigenvalue weighted by molar-refractivity contribution is 5.68. The van der Waals surface area contributed by atoms with Gasteiger partial charge in [-0.05, 0) is 51.2 Å². The summed E-state index contributed by atoms with van der Waals surface area (Å²) in [4.78, 5) is 17.8. The lowest BCUT2D eigenvalue weighted by Crippen LogP contribution is -2.41. The molecule has 6 heteroatoms. The number of aromatic nitrogens is 1. The van der Waals surface area contributed by atoms with Gasteiger partial charge in [-0.1, -0.05) is 6.07 Å². The molecule has 0 spiro atoms. The summed E-state index contributed by atoms with van der Waals surface area (Å²) in [5.74, 6) is 0.577. The van der Waals surface area contributed by atoms with Crippen LogP contribution in [0.3, 0.4) is 0 Å². The molecule has 1 aliphatic heterocycles. The van der Waals surface area contributed by atoms with Crippen molar-refractivity contribution in [3.05, 3.63) is 23.4 Å². The molecule has 0 aliphatic carbocycles. The second-order valence-electron chi connectivity index (χ2n) is 6.53. The molecule has 0 saturated carbocycles. The SMILES string of the molecule is CC(C)(C)OC(=O)N1CCC(c2ccc(N)nc2C#N)CC1. The molecule has 0 radical (unpaired) electrons. The minimum Gasteiger partial charge on any atom is -0.444 e. The summed E-state index contributed by atoms with van der Waals surface area (Å²) in [5, 5.41) is 9.19. The Bertz CT molecular complexity index is 593. The molecular formula is C16H22N4O2. The number of ether oxygens (including phenoxy) is 1. The first-order valence-electron chi connectivity index (χ1n) is 7.44. The first-order chi connectivity index (χ1) is 10.3. The fourth-order valence-corrected chi connectivity index (χ4v) is 2.60. The fraction of sp³-hybridized carbons (Fsp3) is 0.562. The third-order valence-electron chi connectivity index (χ3n) is 3.64. The lowest BCUT2D eigenvalue weighted by atomic mass is 9.88.